The van der Waals surface area contributed by atoms with E-state index < -0.39 is 11.9 Å². The van der Waals surface area contributed by atoms with Crippen LogP contribution < -0.4 is 9.47 Å². The van der Waals surface area contributed by atoms with Crippen LogP contribution >= 0.6 is 23.2 Å². The molecule has 11 heteroatoms. The lowest BCUT2D eigenvalue weighted by molar-refractivity contribution is -0.116. The highest BCUT2D eigenvalue weighted by atomic mass is 35.5. The van der Waals surface area contributed by atoms with Crippen LogP contribution in [-0.4, -0.2) is 50.3 Å². The zero-order chi connectivity index (χ0) is 26.4. The number of ketones is 1. The van der Waals surface area contributed by atoms with Gasteiger partial charge in [0.15, 0.2) is 11.5 Å². The van der Waals surface area contributed by atoms with Crippen LogP contribution in [0.1, 0.15) is 54.1 Å². The van der Waals surface area contributed by atoms with Gasteiger partial charge in [-0.05, 0) is 37.6 Å². The summed E-state index contributed by atoms with van der Waals surface area (Å²) in [6.07, 6.45) is 4.81. The number of rotatable bonds is 6. The van der Waals surface area contributed by atoms with Crippen molar-refractivity contribution in [1.82, 2.24) is 24.4 Å². The first-order valence-corrected chi connectivity index (χ1v) is 12.3. The number of carbonyl (C=O) groups excluding carboxylic acids is 2. The Morgan fingerprint density at radius 3 is 2.43 bits per heavy atom. The molecule has 1 atom stereocenters. The Hall–Kier alpha value is -3.69. The molecule has 0 saturated heterocycles. The van der Waals surface area contributed by atoms with E-state index in [1.807, 2.05) is 30.5 Å². The molecule has 190 valence electrons. The van der Waals surface area contributed by atoms with Gasteiger partial charge in [-0.1, -0.05) is 41.4 Å². The standard InChI is InChI=1S/C26H23Cl2N5O4/c1-13(2)32-22-20(30-23(32)17-12-29-26(37-4)31-24(17)36-3)25(35)33(18-11-16(28)9-10-19(18)34)21(22)14-5-7-15(27)8-6-14/h5-9,11-13,21H,10H2,1-4H3/t21-/m0/s1. The Balaban J connectivity index is 1.77. The first kappa shape index (κ1) is 25.0. The molecular weight excluding hydrogens is 517 g/mol. The van der Waals surface area contributed by atoms with Crippen LogP contribution in [-0.2, 0) is 4.79 Å². The van der Waals surface area contributed by atoms with E-state index in [-0.39, 0.29) is 41.5 Å². The number of benzene rings is 1. The van der Waals surface area contributed by atoms with Gasteiger partial charge in [-0.3, -0.25) is 14.5 Å². The lowest BCUT2D eigenvalue weighted by atomic mass is 10.0. The number of methoxy groups -OCH3 is 2. The summed E-state index contributed by atoms with van der Waals surface area (Å²) in [5, 5.41) is 0.950. The van der Waals surface area contributed by atoms with Crippen LogP contribution in [0, 0.1) is 0 Å². The molecule has 1 aromatic carbocycles. The molecule has 0 fully saturated rings. The number of halogens is 2. The summed E-state index contributed by atoms with van der Waals surface area (Å²) in [6.45, 7) is 3.97. The molecule has 9 nitrogen and oxygen atoms in total. The average molecular weight is 540 g/mol. The quantitative estimate of drug-likeness (QED) is 0.428. The molecule has 37 heavy (non-hydrogen) atoms. The molecule has 0 unspecified atom stereocenters. The predicted molar refractivity (Wildman–Crippen MR) is 138 cm³/mol. The maximum atomic E-state index is 14.0. The minimum atomic E-state index is -0.647. The van der Waals surface area contributed by atoms with E-state index >= 15 is 0 Å². The minimum absolute atomic E-state index is 0.106. The summed E-state index contributed by atoms with van der Waals surface area (Å²) in [5.74, 6) is 0.110. The SMILES string of the molecule is COc1ncc(-c2nc3c(n2C(C)C)[C@H](c2ccc(Cl)cc2)N(C2=CC(Cl)=CCC2=O)C3=O)c(OC)n1. The highest BCUT2D eigenvalue weighted by molar-refractivity contribution is 6.32. The molecule has 1 amide bonds. The van der Waals surface area contributed by atoms with Crippen molar-refractivity contribution >= 4 is 34.9 Å². The maximum Gasteiger partial charge on any atom is 0.319 e. The molecule has 1 aliphatic heterocycles. The third-order valence-corrected chi connectivity index (χ3v) is 6.75. The summed E-state index contributed by atoms with van der Waals surface area (Å²) in [7, 11) is 2.95. The number of carbonyl (C=O) groups is 2. The van der Waals surface area contributed by atoms with Gasteiger partial charge in [0, 0.05) is 28.7 Å². The number of ether oxygens (including phenoxy) is 2. The van der Waals surface area contributed by atoms with E-state index in [1.54, 1.807) is 24.4 Å². The lowest BCUT2D eigenvalue weighted by Crippen LogP contribution is -2.34. The Labute approximate surface area is 223 Å². The van der Waals surface area contributed by atoms with Gasteiger partial charge in [0.25, 0.3) is 5.91 Å². The third kappa shape index (κ3) is 4.18. The Morgan fingerprint density at radius 1 is 1.05 bits per heavy atom. The topological polar surface area (TPSA) is 99.4 Å². The summed E-state index contributed by atoms with van der Waals surface area (Å²) in [5.41, 5.74) is 2.34. The van der Waals surface area contributed by atoms with Crippen LogP contribution in [0.5, 0.6) is 11.9 Å². The van der Waals surface area contributed by atoms with E-state index in [0.29, 0.717) is 27.1 Å². The Bertz CT molecular complexity index is 1480. The molecule has 5 rings (SSSR count). The summed E-state index contributed by atoms with van der Waals surface area (Å²) in [4.78, 5) is 41.7. The molecule has 2 aromatic heterocycles. The highest BCUT2D eigenvalue weighted by Crippen LogP contribution is 2.46. The van der Waals surface area contributed by atoms with Crippen molar-refractivity contribution in [3.05, 3.63) is 75.3 Å². The number of aromatic nitrogens is 4. The summed E-state index contributed by atoms with van der Waals surface area (Å²) >= 11 is 12.4. The molecule has 0 N–H and O–H groups in total. The van der Waals surface area contributed by atoms with Gasteiger partial charge >= 0.3 is 6.01 Å². The maximum absolute atomic E-state index is 14.0. The van der Waals surface area contributed by atoms with E-state index in [4.69, 9.17) is 37.7 Å². The first-order chi connectivity index (χ1) is 17.7. The van der Waals surface area contributed by atoms with Crippen LogP contribution in [0.3, 0.4) is 0 Å². The second-order valence-corrected chi connectivity index (χ2v) is 9.66. The largest absolute Gasteiger partial charge is 0.480 e. The van der Waals surface area contributed by atoms with Crippen LogP contribution in [0.25, 0.3) is 11.4 Å². The van der Waals surface area contributed by atoms with E-state index in [2.05, 4.69) is 9.97 Å². The van der Waals surface area contributed by atoms with Crippen molar-refractivity contribution in [2.75, 3.05) is 14.2 Å². The fraction of sp³-hybridized carbons (Fsp3) is 0.269. The number of amides is 1. The molecule has 0 radical (unpaired) electrons. The fourth-order valence-corrected chi connectivity index (χ4v) is 4.96. The number of hydrogen-bond acceptors (Lipinski definition) is 7. The smallest absolute Gasteiger partial charge is 0.319 e. The minimum Gasteiger partial charge on any atom is -0.480 e. The van der Waals surface area contributed by atoms with Gasteiger partial charge in [0.1, 0.15) is 11.9 Å². The number of hydrogen-bond donors (Lipinski definition) is 0. The molecule has 3 aromatic rings. The van der Waals surface area contributed by atoms with Crippen molar-refractivity contribution in [3.63, 3.8) is 0 Å². The normalized spacial score (nSPS) is 17.2. The molecule has 0 bridgehead atoms. The lowest BCUT2D eigenvalue weighted by Gasteiger charge is -2.30. The van der Waals surface area contributed by atoms with E-state index in [0.717, 1.165) is 5.56 Å². The van der Waals surface area contributed by atoms with Crippen LogP contribution in [0.15, 0.2) is 53.3 Å². The number of nitrogens with zero attached hydrogens (tertiary/aromatic N) is 5. The number of allylic oxidation sites excluding steroid dienone is 4. The monoisotopic (exact) mass is 539 g/mol. The first-order valence-electron chi connectivity index (χ1n) is 11.5. The fourth-order valence-electron chi connectivity index (χ4n) is 4.66. The molecule has 3 heterocycles. The number of imidazole rings is 1. The van der Waals surface area contributed by atoms with Crippen molar-refractivity contribution in [2.24, 2.45) is 0 Å². The Kier molecular flexibility index (Phi) is 6.51. The van der Waals surface area contributed by atoms with Crippen LogP contribution in [0.2, 0.25) is 5.02 Å². The van der Waals surface area contributed by atoms with E-state index in [9.17, 15) is 9.59 Å². The second kappa shape index (κ2) is 9.64. The molecule has 2 aliphatic rings. The number of fused-ring (bicyclic) bond motifs is 1. The predicted octanol–water partition coefficient (Wildman–Crippen LogP) is 5.12. The summed E-state index contributed by atoms with van der Waals surface area (Å²) in [6, 6.07) is 6.54. The van der Waals surface area contributed by atoms with Gasteiger partial charge < -0.3 is 14.0 Å². The van der Waals surface area contributed by atoms with Gasteiger partial charge in [-0.25, -0.2) is 9.97 Å². The van der Waals surface area contributed by atoms with Gasteiger partial charge in [-0.15, -0.1) is 0 Å². The average Bonchev–Trinajstić information content (AvgIpc) is 3.40. The molecule has 0 spiro atoms. The van der Waals surface area contributed by atoms with Crippen molar-refractivity contribution < 1.29 is 19.1 Å². The van der Waals surface area contributed by atoms with Crippen LogP contribution in [0.4, 0.5) is 0 Å². The molecule has 1 aliphatic carbocycles. The van der Waals surface area contributed by atoms with Crippen molar-refractivity contribution in [3.8, 4) is 23.3 Å². The van der Waals surface area contributed by atoms with Crippen molar-refractivity contribution in [2.45, 2.75) is 32.4 Å². The number of Topliss-reactive ketones (excluding diaryl/α,β-unsaturated/α-hetero) is 1. The van der Waals surface area contributed by atoms with Gasteiger partial charge in [0.05, 0.1) is 31.2 Å². The third-order valence-electron chi connectivity index (χ3n) is 6.24. The van der Waals surface area contributed by atoms with Gasteiger partial charge in [0.2, 0.25) is 5.88 Å². The molecule has 0 saturated carbocycles. The highest BCUT2D eigenvalue weighted by Gasteiger charge is 2.47. The zero-order valence-corrected chi connectivity index (χ0v) is 22.0. The van der Waals surface area contributed by atoms with E-state index in [1.165, 1.54) is 25.2 Å². The Morgan fingerprint density at radius 2 is 1.78 bits per heavy atom. The second-order valence-electron chi connectivity index (χ2n) is 8.79. The van der Waals surface area contributed by atoms with Gasteiger partial charge in [-0.2, -0.15) is 4.98 Å². The zero-order valence-electron chi connectivity index (χ0n) is 20.5. The van der Waals surface area contributed by atoms with Crippen molar-refractivity contribution in [1.29, 1.82) is 0 Å². The molecular formula is C26H23Cl2N5O4. The summed E-state index contributed by atoms with van der Waals surface area (Å²) < 4.78 is 12.6.